The molecule has 5 nitrogen and oxygen atoms in total. The van der Waals surface area contributed by atoms with Crippen LogP contribution < -0.4 is 14.4 Å². The van der Waals surface area contributed by atoms with Gasteiger partial charge in [0.2, 0.25) is 5.91 Å². The standard InChI is InChI=1S/C25H25Cl2NO4/c1-25(2)12-20-24(21(29)13-25)17(16-7-5-14(26)9-18(16)27)11-23(30)28(20)19-10-15(31-3)6-8-22(19)32-4/h5-10,17H,11-13H2,1-4H3. The smallest absolute Gasteiger partial charge is 0.232 e. The topological polar surface area (TPSA) is 55.8 Å². The summed E-state index contributed by atoms with van der Waals surface area (Å²) in [4.78, 5) is 28.7. The summed E-state index contributed by atoms with van der Waals surface area (Å²) in [5.41, 5.74) is 2.35. The maximum absolute atomic E-state index is 13.6. The van der Waals surface area contributed by atoms with Crippen LogP contribution in [0.3, 0.4) is 0 Å². The van der Waals surface area contributed by atoms with E-state index in [9.17, 15) is 9.59 Å². The van der Waals surface area contributed by atoms with Crippen molar-refractivity contribution >= 4 is 40.6 Å². The first-order valence-electron chi connectivity index (χ1n) is 10.4. The number of hydrogen-bond acceptors (Lipinski definition) is 4. The van der Waals surface area contributed by atoms with E-state index in [1.165, 1.54) is 0 Å². The van der Waals surface area contributed by atoms with Crippen molar-refractivity contribution in [1.82, 2.24) is 0 Å². The molecule has 32 heavy (non-hydrogen) atoms. The van der Waals surface area contributed by atoms with Gasteiger partial charge in [0, 0.05) is 46.1 Å². The number of amides is 1. The maximum atomic E-state index is 13.6. The lowest BCUT2D eigenvalue weighted by Crippen LogP contribution is -2.44. The number of Topliss-reactive ketones (excluding diaryl/α,β-unsaturated/α-hetero) is 1. The third-order valence-electron chi connectivity index (χ3n) is 6.11. The molecule has 2 aromatic rings. The molecule has 1 amide bonds. The van der Waals surface area contributed by atoms with Gasteiger partial charge in [-0.05, 0) is 41.7 Å². The Morgan fingerprint density at radius 1 is 1.00 bits per heavy atom. The molecule has 168 valence electrons. The molecule has 1 unspecified atom stereocenters. The molecule has 1 atom stereocenters. The molecule has 0 N–H and O–H groups in total. The second-order valence-electron chi connectivity index (χ2n) is 8.99. The van der Waals surface area contributed by atoms with Gasteiger partial charge in [0.1, 0.15) is 11.5 Å². The lowest BCUT2D eigenvalue weighted by molar-refractivity contribution is -0.121. The van der Waals surface area contributed by atoms with Gasteiger partial charge >= 0.3 is 0 Å². The van der Waals surface area contributed by atoms with E-state index in [2.05, 4.69) is 0 Å². The molecule has 0 aromatic heterocycles. The normalized spacial score (nSPS) is 20.3. The van der Waals surface area contributed by atoms with E-state index in [-0.39, 0.29) is 23.5 Å². The fourth-order valence-electron chi connectivity index (χ4n) is 4.72. The minimum Gasteiger partial charge on any atom is -0.497 e. The molecular weight excluding hydrogens is 449 g/mol. The van der Waals surface area contributed by atoms with Crippen LogP contribution in [0.2, 0.25) is 10.0 Å². The maximum Gasteiger partial charge on any atom is 0.232 e. The molecule has 1 aliphatic carbocycles. The van der Waals surface area contributed by atoms with Crippen molar-refractivity contribution in [3.8, 4) is 11.5 Å². The number of carbonyl (C=O) groups is 2. The summed E-state index contributed by atoms with van der Waals surface area (Å²) < 4.78 is 10.9. The SMILES string of the molecule is COc1ccc(OC)c(N2C(=O)CC(c3ccc(Cl)cc3Cl)C3=C2CC(C)(C)CC3=O)c1. The Bertz CT molecular complexity index is 1140. The largest absolute Gasteiger partial charge is 0.497 e. The highest BCUT2D eigenvalue weighted by Crippen LogP contribution is 2.50. The van der Waals surface area contributed by atoms with Gasteiger partial charge in [-0.15, -0.1) is 0 Å². The highest BCUT2D eigenvalue weighted by atomic mass is 35.5. The van der Waals surface area contributed by atoms with Crippen molar-refractivity contribution in [1.29, 1.82) is 0 Å². The number of benzene rings is 2. The molecule has 0 saturated carbocycles. The van der Waals surface area contributed by atoms with E-state index in [0.29, 0.717) is 51.3 Å². The Kier molecular flexibility index (Phi) is 5.99. The summed E-state index contributed by atoms with van der Waals surface area (Å²) >= 11 is 12.6. The number of hydrogen-bond donors (Lipinski definition) is 0. The van der Waals surface area contributed by atoms with Gasteiger partial charge in [-0.25, -0.2) is 0 Å². The zero-order valence-electron chi connectivity index (χ0n) is 18.5. The average molecular weight is 474 g/mol. The molecule has 0 radical (unpaired) electrons. The quantitative estimate of drug-likeness (QED) is 0.532. The van der Waals surface area contributed by atoms with E-state index < -0.39 is 5.92 Å². The van der Waals surface area contributed by atoms with Gasteiger partial charge in [0.15, 0.2) is 5.78 Å². The average Bonchev–Trinajstić information content (AvgIpc) is 2.71. The molecule has 2 aromatic carbocycles. The molecule has 0 bridgehead atoms. The highest BCUT2D eigenvalue weighted by molar-refractivity contribution is 6.35. The number of carbonyl (C=O) groups excluding carboxylic acids is 2. The van der Waals surface area contributed by atoms with E-state index in [1.807, 2.05) is 19.9 Å². The number of anilines is 1. The number of ether oxygens (including phenoxy) is 2. The summed E-state index contributed by atoms with van der Waals surface area (Å²) in [6.07, 6.45) is 1.10. The molecule has 1 aliphatic heterocycles. The number of ketones is 1. The van der Waals surface area contributed by atoms with Crippen molar-refractivity contribution in [2.24, 2.45) is 5.41 Å². The molecule has 7 heteroatoms. The van der Waals surface area contributed by atoms with Crippen LogP contribution >= 0.6 is 23.2 Å². The van der Waals surface area contributed by atoms with Gasteiger partial charge in [-0.3, -0.25) is 14.5 Å². The summed E-state index contributed by atoms with van der Waals surface area (Å²) in [5, 5.41) is 0.959. The van der Waals surface area contributed by atoms with Gasteiger partial charge in [0.25, 0.3) is 0 Å². The Labute approximate surface area is 197 Å². The third kappa shape index (κ3) is 4.00. The van der Waals surface area contributed by atoms with E-state index in [0.717, 1.165) is 5.56 Å². The van der Waals surface area contributed by atoms with Gasteiger partial charge in [-0.2, -0.15) is 0 Å². The van der Waals surface area contributed by atoms with Crippen molar-refractivity contribution in [2.75, 3.05) is 19.1 Å². The zero-order valence-corrected chi connectivity index (χ0v) is 20.0. The van der Waals surface area contributed by atoms with Crippen LogP contribution in [-0.4, -0.2) is 25.9 Å². The molecule has 2 aliphatic rings. The first-order chi connectivity index (χ1) is 15.1. The Morgan fingerprint density at radius 3 is 2.41 bits per heavy atom. The first kappa shape index (κ1) is 22.7. The Hall–Kier alpha value is -2.50. The number of halogens is 2. The molecule has 0 spiro atoms. The summed E-state index contributed by atoms with van der Waals surface area (Å²) in [7, 11) is 3.13. The van der Waals surface area contributed by atoms with Gasteiger partial charge in [-0.1, -0.05) is 43.1 Å². The zero-order chi connectivity index (χ0) is 23.2. The van der Waals surface area contributed by atoms with Crippen molar-refractivity contribution in [3.63, 3.8) is 0 Å². The molecule has 4 rings (SSSR count). The molecule has 0 fully saturated rings. The summed E-state index contributed by atoms with van der Waals surface area (Å²) in [5.74, 6) is 0.618. The van der Waals surface area contributed by atoms with Crippen LogP contribution in [0, 0.1) is 5.41 Å². The lowest BCUT2D eigenvalue weighted by atomic mass is 9.69. The first-order valence-corrected chi connectivity index (χ1v) is 11.2. The van der Waals surface area contributed by atoms with Crippen LogP contribution in [0.15, 0.2) is 47.7 Å². The third-order valence-corrected chi connectivity index (χ3v) is 6.67. The number of rotatable bonds is 4. The van der Waals surface area contributed by atoms with Crippen LogP contribution in [0.25, 0.3) is 0 Å². The Balaban J connectivity index is 1.95. The van der Waals surface area contributed by atoms with Crippen LogP contribution in [0.5, 0.6) is 11.5 Å². The van der Waals surface area contributed by atoms with Crippen molar-refractivity contribution < 1.29 is 19.1 Å². The van der Waals surface area contributed by atoms with Crippen LogP contribution in [0.1, 0.15) is 44.6 Å². The minimum atomic E-state index is -0.418. The van der Waals surface area contributed by atoms with Gasteiger partial charge < -0.3 is 9.47 Å². The predicted molar refractivity (Wildman–Crippen MR) is 126 cm³/mol. The van der Waals surface area contributed by atoms with Crippen molar-refractivity contribution in [2.45, 2.75) is 39.0 Å². The van der Waals surface area contributed by atoms with Crippen LogP contribution in [-0.2, 0) is 9.59 Å². The number of allylic oxidation sites excluding steroid dienone is 2. The van der Waals surface area contributed by atoms with E-state index in [4.69, 9.17) is 32.7 Å². The fourth-order valence-corrected chi connectivity index (χ4v) is 5.26. The summed E-state index contributed by atoms with van der Waals surface area (Å²) in [6.45, 7) is 4.08. The second-order valence-corrected chi connectivity index (χ2v) is 9.83. The summed E-state index contributed by atoms with van der Waals surface area (Å²) in [6, 6.07) is 10.5. The highest BCUT2D eigenvalue weighted by Gasteiger charge is 2.45. The molecule has 1 heterocycles. The minimum absolute atomic E-state index is 0.0339. The van der Waals surface area contributed by atoms with Crippen LogP contribution in [0.4, 0.5) is 5.69 Å². The number of methoxy groups -OCH3 is 2. The van der Waals surface area contributed by atoms with Crippen molar-refractivity contribution in [3.05, 3.63) is 63.3 Å². The predicted octanol–water partition coefficient (Wildman–Crippen LogP) is 6.17. The van der Waals surface area contributed by atoms with E-state index in [1.54, 1.807) is 49.5 Å². The second kappa shape index (κ2) is 8.45. The van der Waals surface area contributed by atoms with Gasteiger partial charge in [0.05, 0.1) is 19.9 Å². The van der Waals surface area contributed by atoms with E-state index >= 15 is 0 Å². The number of nitrogens with zero attached hydrogens (tertiary/aromatic N) is 1. The molecule has 0 saturated heterocycles. The fraction of sp³-hybridized carbons (Fsp3) is 0.360. The Morgan fingerprint density at radius 2 is 1.75 bits per heavy atom. The lowest BCUT2D eigenvalue weighted by Gasteiger charge is -2.43. The molecular formula is C25H25Cl2NO4. The monoisotopic (exact) mass is 473 g/mol.